The van der Waals surface area contributed by atoms with Crippen molar-refractivity contribution in [1.29, 1.82) is 0 Å². The Labute approximate surface area is 94.4 Å². The summed E-state index contributed by atoms with van der Waals surface area (Å²) < 4.78 is 0. The maximum atomic E-state index is 3.66. The van der Waals surface area contributed by atoms with E-state index in [-0.39, 0.29) is 0 Å². The Morgan fingerprint density at radius 2 is 1.93 bits per heavy atom. The molecule has 0 radical (unpaired) electrons. The smallest absolute Gasteiger partial charge is 0.0280 e. The molecule has 88 valence electrons. The molecule has 1 unspecified atom stereocenters. The lowest BCUT2D eigenvalue weighted by molar-refractivity contribution is 0.0705. The molecule has 1 heterocycles. The van der Waals surface area contributed by atoms with Crippen LogP contribution in [0, 0.1) is 5.41 Å². The highest BCUT2D eigenvalue weighted by Gasteiger charge is 2.48. The number of rotatable bonds is 2. The van der Waals surface area contributed by atoms with Crippen LogP contribution < -0.4 is 5.32 Å². The van der Waals surface area contributed by atoms with Gasteiger partial charge < -0.3 is 5.32 Å². The van der Waals surface area contributed by atoms with Crippen LogP contribution in [0.25, 0.3) is 0 Å². The van der Waals surface area contributed by atoms with Gasteiger partial charge >= 0.3 is 0 Å². The summed E-state index contributed by atoms with van der Waals surface area (Å²) in [5.74, 6) is 0. The minimum Gasteiger partial charge on any atom is -0.314 e. The van der Waals surface area contributed by atoms with Gasteiger partial charge in [0.2, 0.25) is 0 Å². The van der Waals surface area contributed by atoms with Crippen molar-refractivity contribution in [2.24, 2.45) is 5.41 Å². The van der Waals surface area contributed by atoms with E-state index in [0.29, 0.717) is 11.0 Å². The number of nitrogens with one attached hydrogen (secondary N) is 1. The molecule has 0 amide bonds. The summed E-state index contributed by atoms with van der Waals surface area (Å²) in [5.41, 5.74) is 0.957. The third kappa shape index (κ3) is 2.21. The fourth-order valence-corrected chi connectivity index (χ4v) is 2.85. The summed E-state index contributed by atoms with van der Waals surface area (Å²) >= 11 is 0. The molecule has 1 atom stereocenters. The molecule has 1 aliphatic heterocycles. The molecule has 2 aliphatic rings. The summed E-state index contributed by atoms with van der Waals surface area (Å²) in [6.07, 6.45) is 4.13. The Balaban J connectivity index is 2.13. The maximum Gasteiger partial charge on any atom is 0.0280 e. The monoisotopic (exact) mass is 210 g/mol. The van der Waals surface area contributed by atoms with Crippen LogP contribution in [-0.2, 0) is 0 Å². The van der Waals surface area contributed by atoms with Gasteiger partial charge in [-0.1, -0.05) is 6.92 Å². The van der Waals surface area contributed by atoms with Gasteiger partial charge in [-0.2, -0.15) is 0 Å². The fraction of sp³-hybridized carbons (Fsp3) is 1.00. The van der Waals surface area contributed by atoms with Crippen molar-refractivity contribution < 1.29 is 0 Å². The third-order valence-electron chi connectivity index (χ3n) is 4.42. The van der Waals surface area contributed by atoms with E-state index in [4.69, 9.17) is 0 Å². The molecule has 15 heavy (non-hydrogen) atoms. The normalized spacial score (nSPS) is 31.2. The Morgan fingerprint density at radius 1 is 1.27 bits per heavy atom. The molecule has 0 aromatic carbocycles. The third-order valence-corrected chi connectivity index (χ3v) is 4.42. The van der Waals surface area contributed by atoms with Gasteiger partial charge in [0.1, 0.15) is 0 Å². The zero-order valence-electron chi connectivity index (χ0n) is 10.8. The molecule has 1 spiro atoms. The molecule has 2 rings (SSSR count). The van der Waals surface area contributed by atoms with Crippen molar-refractivity contribution in [3.05, 3.63) is 0 Å². The average Bonchev–Trinajstić information content (AvgIpc) is 2.94. The van der Waals surface area contributed by atoms with E-state index in [1.807, 2.05) is 0 Å². The highest BCUT2D eigenvalue weighted by atomic mass is 15.3. The first kappa shape index (κ1) is 11.4. The molecule has 1 saturated carbocycles. The van der Waals surface area contributed by atoms with Crippen LogP contribution in [0.2, 0.25) is 0 Å². The Hall–Kier alpha value is -0.0800. The van der Waals surface area contributed by atoms with Crippen LogP contribution in [0.3, 0.4) is 0 Å². The molecule has 1 saturated heterocycles. The minimum atomic E-state index is 0.321. The van der Waals surface area contributed by atoms with E-state index in [2.05, 4.69) is 37.9 Å². The summed E-state index contributed by atoms with van der Waals surface area (Å²) in [6, 6.07) is 0.720. The van der Waals surface area contributed by atoms with Gasteiger partial charge in [-0.05, 0) is 45.4 Å². The van der Waals surface area contributed by atoms with Gasteiger partial charge in [-0.3, -0.25) is 4.90 Å². The lowest BCUT2D eigenvalue weighted by Gasteiger charge is -2.42. The van der Waals surface area contributed by atoms with Gasteiger partial charge in [0, 0.05) is 31.2 Å². The van der Waals surface area contributed by atoms with E-state index in [0.717, 1.165) is 12.6 Å². The predicted molar refractivity (Wildman–Crippen MR) is 65.1 cm³/mol. The van der Waals surface area contributed by atoms with E-state index in [9.17, 15) is 0 Å². The van der Waals surface area contributed by atoms with Crippen LogP contribution in [0.1, 0.15) is 47.0 Å². The Morgan fingerprint density at radius 3 is 2.47 bits per heavy atom. The number of nitrogens with zero attached hydrogens (tertiary/aromatic N) is 1. The first-order valence-electron chi connectivity index (χ1n) is 6.47. The van der Waals surface area contributed by atoms with Gasteiger partial charge in [-0.15, -0.1) is 0 Å². The SMILES string of the molecule is CCC(C)N1CC2(CC2)CNCC1(C)C. The quantitative estimate of drug-likeness (QED) is 0.752. The second kappa shape index (κ2) is 3.74. The standard InChI is InChI=1S/C13H26N2/c1-5-11(2)15-10-13(6-7-13)9-14-8-12(15,3)4/h11,14H,5-10H2,1-4H3. The Kier molecular flexibility index (Phi) is 2.85. The lowest BCUT2D eigenvalue weighted by atomic mass is 9.98. The van der Waals surface area contributed by atoms with E-state index in [1.54, 1.807) is 0 Å². The van der Waals surface area contributed by atoms with E-state index in [1.165, 1.54) is 32.4 Å². The van der Waals surface area contributed by atoms with Crippen LogP contribution >= 0.6 is 0 Å². The molecule has 2 heteroatoms. The van der Waals surface area contributed by atoms with E-state index >= 15 is 0 Å². The molecule has 2 fully saturated rings. The Bertz CT molecular complexity index is 231. The van der Waals surface area contributed by atoms with Crippen molar-refractivity contribution in [1.82, 2.24) is 10.2 Å². The van der Waals surface area contributed by atoms with Crippen molar-refractivity contribution >= 4 is 0 Å². The van der Waals surface area contributed by atoms with Crippen molar-refractivity contribution in [3.63, 3.8) is 0 Å². The predicted octanol–water partition coefficient (Wildman–Crippen LogP) is 2.25. The maximum absolute atomic E-state index is 3.66. The molecular weight excluding hydrogens is 184 g/mol. The topological polar surface area (TPSA) is 15.3 Å². The number of hydrogen-bond donors (Lipinski definition) is 1. The molecule has 1 aliphatic carbocycles. The zero-order chi connectivity index (χ0) is 11.1. The van der Waals surface area contributed by atoms with Gasteiger partial charge in [-0.25, -0.2) is 0 Å². The molecule has 0 aromatic rings. The summed E-state index contributed by atoms with van der Waals surface area (Å²) in [5, 5.41) is 3.66. The second-order valence-electron chi connectivity index (χ2n) is 6.30. The van der Waals surface area contributed by atoms with Crippen LogP contribution in [0.15, 0.2) is 0 Å². The largest absolute Gasteiger partial charge is 0.314 e. The molecule has 0 bridgehead atoms. The van der Waals surface area contributed by atoms with Crippen LogP contribution in [0.4, 0.5) is 0 Å². The lowest BCUT2D eigenvalue weighted by Crippen LogP contribution is -2.52. The fourth-order valence-electron chi connectivity index (χ4n) is 2.85. The summed E-state index contributed by atoms with van der Waals surface area (Å²) in [4.78, 5) is 2.74. The van der Waals surface area contributed by atoms with Gasteiger partial charge in [0.15, 0.2) is 0 Å². The van der Waals surface area contributed by atoms with E-state index < -0.39 is 0 Å². The average molecular weight is 210 g/mol. The summed E-state index contributed by atoms with van der Waals surface area (Å²) in [6.45, 7) is 13.1. The molecular formula is C13H26N2. The highest BCUT2D eigenvalue weighted by Crippen LogP contribution is 2.48. The van der Waals surface area contributed by atoms with Crippen LogP contribution in [-0.4, -0.2) is 36.1 Å². The van der Waals surface area contributed by atoms with Crippen LogP contribution in [0.5, 0.6) is 0 Å². The molecule has 2 nitrogen and oxygen atoms in total. The first-order chi connectivity index (χ1) is 6.99. The van der Waals surface area contributed by atoms with Crippen molar-refractivity contribution in [2.45, 2.75) is 58.5 Å². The second-order valence-corrected chi connectivity index (χ2v) is 6.30. The number of hydrogen-bond acceptors (Lipinski definition) is 2. The molecule has 1 N–H and O–H groups in total. The zero-order valence-corrected chi connectivity index (χ0v) is 10.8. The van der Waals surface area contributed by atoms with Crippen molar-refractivity contribution in [3.8, 4) is 0 Å². The highest BCUT2D eigenvalue weighted by molar-refractivity contribution is 5.03. The van der Waals surface area contributed by atoms with Gasteiger partial charge in [0.25, 0.3) is 0 Å². The molecule has 0 aromatic heterocycles. The van der Waals surface area contributed by atoms with Gasteiger partial charge in [0.05, 0.1) is 0 Å². The minimum absolute atomic E-state index is 0.321. The first-order valence-corrected chi connectivity index (χ1v) is 6.47. The summed E-state index contributed by atoms with van der Waals surface area (Å²) in [7, 11) is 0. The van der Waals surface area contributed by atoms with Crippen molar-refractivity contribution in [2.75, 3.05) is 19.6 Å².